The number of rotatable bonds is 1. The molecular weight excluding hydrogens is 140 g/mol. The Morgan fingerprint density at radius 3 is 2.78 bits per heavy atom. The van der Waals surface area contributed by atoms with Crippen molar-refractivity contribution in [3.8, 4) is 0 Å². The van der Waals surface area contributed by atoms with Crippen LogP contribution >= 0.6 is 11.6 Å². The van der Waals surface area contributed by atoms with E-state index in [1.165, 1.54) is 0 Å². The van der Waals surface area contributed by atoms with Gasteiger partial charge in [-0.15, -0.1) is 11.6 Å². The van der Waals surface area contributed by atoms with Gasteiger partial charge in [0.05, 0.1) is 6.61 Å². The summed E-state index contributed by atoms with van der Waals surface area (Å²) in [5.41, 5.74) is 0. The second kappa shape index (κ2) is 2.18. The minimum atomic E-state index is -0.694. The molecule has 0 aliphatic carbocycles. The van der Waals surface area contributed by atoms with Gasteiger partial charge in [-0.2, -0.15) is 0 Å². The van der Waals surface area contributed by atoms with Crippen LogP contribution in [0.15, 0.2) is 0 Å². The van der Waals surface area contributed by atoms with Gasteiger partial charge in [-0.25, -0.2) is 0 Å². The van der Waals surface area contributed by atoms with Crippen molar-refractivity contribution in [1.29, 1.82) is 0 Å². The summed E-state index contributed by atoms with van der Waals surface area (Å²) in [6.45, 7) is 2.37. The summed E-state index contributed by atoms with van der Waals surface area (Å²) in [5, 5.41) is 0. The molecule has 0 aromatic heterocycles. The van der Waals surface area contributed by atoms with Crippen LogP contribution in [0.2, 0.25) is 0 Å². The van der Waals surface area contributed by atoms with E-state index in [-0.39, 0.29) is 5.97 Å². The predicted molar refractivity (Wildman–Crippen MR) is 34.5 cm³/mol. The van der Waals surface area contributed by atoms with E-state index < -0.39 is 4.87 Å². The average Bonchev–Trinajstić information content (AvgIpc) is 2.15. The van der Waals surface area contributed by atoms with Crippen LogP contribution in [-0.2, 0) is 9.53 Å². The van der Waals surface area contributed by atoms with Crippen LogP contribution < -0.4 is 0 Å². The molecule has 1 heterocycles. The van der Waals surface area contributed by atoms with Gasteiger partial charge in [-0.05, 0) is 6.42 Å². The first-order valence-corrected chi connectivity index (χ1v) is 3.43. The number of cyclic esters (lactones) is 1. The van der Waals surface area contributed by atoms with E-state index in [9.17, 15) is 4.79 Å². The summed E-state index contributed by atoms with van der Waals surface area (Å²) in [5.74, 6) is -0.258. The predicted octanol–water partition coefficient (Wildman–Crippen LogP) is 1.32. The van der Waals surface area contributed by atoms with Crippen LogP contribution in [0.5, 0.6) is 0 Å². The molecule has 0 aromatic carbocycles. The van der Waals surface area contributed by atoms with Crippen molar-refractivity contribution in [1.82, 2.24) is 0 Å². The first kappa shape index (κ1) is 6.87. The van der Waals surface area contributed by atoms with Gasteiger partial charge in [0.2, 0.25) is 0 Å². The number of hydrogen-bond donors (Lipinski definition) is 0. The maximum Gasteiger partial charge on any atom is 0.327 e. The zero-order valence-electron chi connectivity index (χ0n) is 5.32. The highest BCUT2D eigenvalue weighted by Gasteiger charge is 2.40. The minimum absolute atomic E-state index is 0.258. The van der Waals surface area contributed by atoms with E-state index in [4.69, 9.17) is 11.6 Å². The number of carbonyl (C=O) groups excluding carboxylic acids is 1. The number of halogens is 1. The van der Waals surface area contributed by atoms with Crippen LogP contribution in [0, 0.1) is 0 Å². The molecule has 0 saturated carbocycles. The summed E-state index contributed by atoms with van der Waals surface area (Å²) in [4.78, 5) is 10.1. The molecule has 1 aliphatic heterocycles. The first-order valence-electron chi connectivity index (χ1n) is 3.05. The molecular formula is C6H9ClO2. The molecule has 2 nitrogen and oxygen atoms in total. The molecule has 0 spiro atoms. The molecule has 0 N–H and O–H groups in total. The fourth-order valence-electron chi connectivity index (χ4n) is 0.858. The van der Waals surface area contributed by atoms with Crippen molar-refractivity contribution < 1.29 is 9.53 Å². The lowest BCUT2D eigenvalue weighted by Crippen LogP contribution is -2.25. The number of ether oxygens (including phenoxy) is 1. The Balaban J connectivity index is 2.67. The van der Waals surface area contributed by atoms with Crippen molar-refractivity contribution >= 4 is 17.6 Å². The first-order chi connectivity index (χ1) is 4.19. The third kappa shape index (κ3) is 1.04. The lowest BCUT2D eigenvalue weighted by atomic mass is 10.1. The molecule has 1 rings (SSSR count). The van der Waals surface area contributed by atoms with Crippen molar-refractivity contribution in [2.45, 2.75) is 24.6 Å². The second-order valence-electron chi connectivity index (χ2n) is 2.20. The van der Waals surface area contributed by atoms with E-state index in [0.29, 0.717) is 19.4 Å². The quantitative estimate of drug-likeness (QED) is 0.414. The summed E-state index contributed by atoms with van der Waals surface area (Å²) < 4.78 is 4.69. The number of hydrogen-bond acceptors (Lipinski definition) is 2. The van der Waals surface area contributed by atoms with Gasteiger partial charge >= 0.3 is 5.97 Å². The van der Waals surface area contributed by atoms with Crippen molar-refractivity contribution in [2.75, 3.05) is 6.61 Å². The fraction of sp³-hybridized carbons (Fsp3) is 0.833. The van der Waals surface area contributed by atoms with Crippen molar-refractivity contribution in [3.63, 3.8) is 0 Å². The molecule has 0 radical (unpaired) electrons. The van der Waals surface area contributed by atoms with Crippen LogP contribution in [0.1, 0.15) is 19.8 Å². The highest BCUT2D eigenvalue weighted by molar-refractivity contribution is 6.34. The van der Waals surface area contributed by atoms with Gasteiger partial charge < -0.3 is 4.74 Å². The van der Waals surface area contributed by atoms with Crippen molar-refractivity contribution in [2.24, 2.45) is 0 Å². The maximum absolute atomic E-state index is 10.8. The Labute approximate surface area is 59.1 Å². The Hall–Kier alpha value is -0.240. The molecule has 3 heteroatoms. The molecule has 1 unspecified atom stereocenters. The van der Waals surface area contributed by atoms with Crippen LogP contribution in [0.3, 0.4) is 0 Å². The Morgan fingerprint density at radius 1 is 1.89 bits per heavy atom. The normalized spacial score (nSPS) is 34.7. The van der Waals surface area contributed by atoms with Gasteiger partial charge in [-0.3, -0.25) is 4.79 Å². The maximum atomic E-state index is 10.8. The standard InChI is InChI=1S/C6H9ClO2/c1-2-6(7)3-4-9-5(6)8/h2-4H2,1H3. The molecule has 1 fully saturated rings. The monoisotopic (exact) mass is 148 g/mol. The summed E-state index contributed by atoms with van der Waals surface area (Å²) in [7, 11) is 0. The van der Waals surface area contributed by atoms with Crippen LogP contribution in [0.25, 0.3) is 0 Å². The fourth-order valence-corrected chi connectivity index (χ4v) is 0.990. The molecule has 1 atom stereocenters. The molecule has 0 amide bonds. The van der Waals surface area contributed by atoms with Crippen LogP contribution in [-0.4, -0.2) is 17.5 Å². The van der Waals surface area contributed by atoms with Crippen molar-refractivity contribution in [3.05, 3.63) is 0 Å². The minimum Gasteiger partial charge on any atom is -0.464 e. The Bertz CT molecular complexity index is 135. The van der Waals surface area contributed by atoms with E-state index in [1.807, 2.05) is 6.92 Å². The highest BCUT2D eigenvalue weighted by Crippen LogP contribution is 2.30. The molecule has 9 heavy (non-hydrogen) atoms. The molecule has 0 aromatic rings. The van der Waals surface area contributed by atoms with E-state index in [1.54, 1.807) is 0 Å². The lowest BCUT2D eigenvalue weighted by Gasteiger charge is -2.11. The van der Waals surface area contributed by atoms with Gasteiger partial charge in [-0.1, -0.05) is 6.92 Å². The summed E-state index contributed by atoms with van der Waals surface area (Å²) >= 11 is 5.83. The van der Waals surface area contributed by atoms with E-state index in [2.05, 4.69) is 4.74 Å². The SMILES string of the molecule is CCC1(Cl)CCOC1=O. The van der Waals surface area contributed by atoms with Gasteiger partial charge in [0, 0.05) is 6.42 Å². The molecule has 1 saturated heterocycles. The second-order valence-corrected chi connectivity index (χ2v) is 2.93. The largest absolute Gasteiger partial charge is 0.464 e. The zero-order chi connectivity index (χ0) is 6.91. The molecule has 1 aliphatic rings. The highest BCUT2D eigenvalue weighted by atomic mass is 35.5. The summed E-state index contributed by atoms with van der Waals surface area (Å²) in [6, 6.07) is 0. The van der Waals surface area contributed by atoms with E-state index in [0.717, 1.165) is 0 Å². The number of alkyl halides is 1. The Kier molecular flexibility index (Phi) is 1.66. The van der Waals surface area contributed by atoms with Gasteiger partial charge in [0.1, 0.15) is 4.87 Å². The Morgan fingerprint density at radius 2 is 2.56 bits per heavy atom. The van der Waals surface area contributed by atoms with E-state index >= 15 is 0 Å². The number of carbonyl (C=O) groups is 1. The van der Waals surface area contributed by atoms with Gasteiger partial charge in [0.15, 0.2) is 0 Å². The van der Waals surface area contributed by atoms with Gasteiger partial charge in [0.25, 0.3) is 0 Å². The molecule has 0 bridgehead atoms. The average molecular weight is 149 g/mol. The van der Waals surface area contributed by atoms with Crippen LogP contribution in [0.4, 0.5) is 0 Å². The zero-order valence-corrected chi connectivity index (χ0v) is 6.07. The number of esters is 1. The lowest BCUT2D eigenvalue weighted by molar-refractivity contribution is -0.140. The third-order valence-corrected chi connectivity index (χ3v) is 2.27. The molecule has 52 valence electrons. The summed E-state index contributed by atoms with van der Waals surface area (Å²) in [6.07, 6.45) is 1.32. The topological polar surface area (TPSA) is 26.3 Å². The third-order valence-electron chi connectivity index (χ3n) is 1.66. The smallest absolute Gasteiger partial charge is 0.327 e.